The molecule has 0 unspecified atom stereocenters. The van der Waals surface area contributed by atoms with Gasteiger partial charge in [-0.3, -0.25) is 9.36 Å². The second kappa shape index (κ2) is 6.74. The van der Waals surface area contributed by atoms with Gasteiger partial charge in [-0.05, 0) is 29.8 Å². The molecule has 0 fully saturated rings. The molecule has 0 radical (unpaired) electrons. The standard InChI is InChI=1S/C16H13Cl2N3O3S/c1-2-25(23,24)14-4-3-11(17)5-10(14)8-21-9-20-13-7-19-15(18)6-12(13)16(21)22/h3-7,9H,2,8H2,1H3. The van der Waals surface area contributed by atoms with E-state index in [4.69, 9.17) is 23.2 Å². The fourth-order valence-electron chi connectivity index (χ4n) is 2.46. The van der Waals surface area contributed by atoms with E-state index in [2.05, 4.69) is 9.97 Å². The summed E-state index contributed by atoms with van der Waals surface area (Å²) in [7, 11) is -3.45. The molecule has 3 rings (SSSR count). The Morgan fingerprint density at radius 2 is 1.92 bits per heavy atom. The number of halogens is 2. The lowest BCUT2D eigenvalue weighted by Gasteiger charge is -2.12. The first-order valence-electron chi connectivity index (χ1n) is 7.33. The van der Waals surface area contributed by atoms with E-state index in [0.29, 0.717) is 21.5 Å². The van der Waals surface area contributed by atoms with Crippen LogP contribution in [-0.4, -0.2) is 28.7 Å². The van der Waals surface area contributed by atoms with Gasteiger partial charge in [-0.2, -0.15) is 0 Å². The minimum absolute atomic E-state index is 0.0246. The van der Waals surface area contributed by atoms with E-state index in [1.807, 2.05) is 0 Å². The maximum Gasteiger partial charge on any atom is 0.261 e. The maximum atomic E-state index is 12.7. The average Bonchev–Trinajstić information content (AvgIpc) is 2.58. The summed E-state index contributed by atoms with van der Waals surface area (Å²) >= 11 is 11.9. The average molecular weight is 398 g/mol. The second-order valence-electron chi connectivity index (χ2n) is 5.36. The molecule has 0 aliphatic carbocycles. The van der Waals surface area contributed by atoms with Gasteiger partial charge in [-0.1, -0.05) is 30.1 Å². The van der Waals surface area contributed by atoms with Crippen LogP contribution in [0.25, 0.3) is 10.9 Å². The van der Waals surface area contributed by atoms with Crippen LogP contribution >= 0.6 is 23.2 Å². The Balaban J connectivity index is 2.15. The third kappa shape index (κ3) is 3.53. The molecule has 1 aromatic carbocycles. The van der Waals surface area contributed by atoms with Crippen molar-refractivity contribution < 1.29 is 8.42 Å². The second-order valence-corrected chi connectivity index (χ2v) is 8.43. The van der Waals surface area contributed by atoms with Crippen molar-refractivity contribution in [3.63, 3.8) is 0 Å². The molecule has 0 spiro atoms. The van der Waals surface area contributed by atoms with Crippen molar-refractivity contribution in [3.8, 4) is 0 Å². The van der Waals surface area contributed by atoms with Crippen LogP contribution in [0.4, 0.5) is 0 Å². The van der Waals surface area contributed by atoms with Gasteiger partial charge in [0.15, 0.2) is 9.84 Å². The largest absolute Gasteiger partial charge is 0.294 e. The van der Waals surface area contributed by atoms with Gasteiger partial charge < -0.3 is 0 Å². The lowest BCUT2D eigenvalue weighted by molar-refractivity contribution is 0.595. The van der Waals surface area contributed by atoms with Gasteiger partial charge in [-0.25, -0.2) is 18.4 Å². The van der Waals surface area contributed by atoms with Crippen molar-refractivity contribution >= 4 is 43.9 Å². The zero-order valence-electron chi connectivity index (χ0n) is 13.1. The number of sulfone groups is 1. The van der Waals surface area contributed by atoms with Crippen LogP contribution in [0.1, 0.15) is 12.5 Å². The fraction of sp³-hybridized carbons (Fsp3) is 0.188. The summed E-state index contributed by atoms with van der Waals surface area (Å²) in [6.45, 7) is 1.59. The van der Waals surface area contributed by atoms with Crippen molar-refractivity contribution in [1.82, 2.24) is 14.5 Å². The first kappa shape index (κ1) is 17.8. The molecule has 0 amide bonds. The smallest absolute Gasteiger partial charge is 0.261 e. The molecule has 0 atom stereocenters. The number of fused-ring (bicyclic) bond motifs is 1. The van der Waals surface area contributed by atoms with Crippen LogP contribution in [0.2, 0.25) is 10.2 Å². The predicted molar refractivity (Wildman–Crippen MR) is 97.1 cm³/mol. The number of hydrogen-bond acceptors (Lipinski definition) is 5. The Hall–Kier alpha value is -1.96. The van der Waals surface area contributed by atoms with E-state index in [-0.39, 0.29) is 27.9 Å². The molecular weight excluding hydrogens is 385 g/mol. The third-order valence-electron chi connectivity index (χ3n) is 3.76. The lowest BCUT2D eigenvalue weighted by Crippen LogP contribution is -2.22. The monoisotopic (exact) mass is 397 g/mol. The minimum atomic E-state index is -3.45. The van der Waals surface area contributed by atoms with Crippen molar-refractivity contribution in [3.05, 3.63) is 62.9 Å². The highest BCUT2D eigenvalue weighted by Gasteiger charge is 2.18. The van der Waals surface area contributed by atoms with E-state index in [9.17, 15) is 13.2 Å². The topological polar surface area (TPSA) is 81.9 Å². The van der Waals surface area contributed by atoms with E-state index < -0.39 is 9.84 Å². The van der Waals surface area contributed by atoms with Gasteiger partial charge in [0.25, 0.3) is 5.56 Å². The SMILES string of the molecule is CCS(=O)(=O)c1ccc(Cl)cc1Cn1cnc2cnc(Cl)cc2c1=O. The van der Waals surface area contributed by atoms with Crippen LogP contribution in [-0.2, 0) is 16.4 Å². The number of aromatic nitrogens is 3. The fourth-order valence-corrected chi connectivity index (χ4v) is 3.92. The zero-order chi connectivity index (χ0) is 18.2. The van der Waals surface area contributed by atoms with Crippen LogP contribution in [0.15, 0.2) is 46.5 Å². The molecule has 0 saturated carbocycles. The van der Waals surface area contributed by atoms with E-state index in [0.717, 1.165) is 0 Å². The van der Waals surface area contributed by atoms with Crippen LogP contribution in [0, 0.1) is 0 Å². The van der Waals surface area contributed by atoms with Gasteiger partial charge in [0, 0.05) is 5.02 Å². The molecule has 2 heterocycles. The Morgan fingerprint density at radius 1 is 1.16 bits per heavy atom. The van der Waals surface area contributed by atoms with Crippen LogP contribution in [0.5, 0.6) is 0 Å². The molecule has 9 heteroatoms. The van der Waals surface area contributed by atoms with Crippen molar-refractivity contribution in [2.24, 2.45) is 0 Å². The van der Waals surface area contributed by atoms with Crippen molar-refractivity contribution in [2.45, 2.75) is 18.4 Å². The Labute approximate surface area is 154 Å². The molecule has 0 N–H and O–H groups in total. The highest BCUT2D eigenvalue weighted by molar-refractivity contribution is 7.91. The van der Waals surface area contributed by atoms with Gasteiger partial charge >= 0.3 is 0 Å². The summed E-state index contributed by atoms with van der Waals surface area (Å²) in [5.74, 6) is -0.0478. The summed E-state index contributed by atoms with van der Waals surface area (Å²) in [5.41, 5.74) is 0.505. The first-order valence-corrected chi connectivity index (χ1v) is 9.74. The Bertz CT molecular complexity index is 1130. The molecule has 0 saturated heterocycles. The van der Waals surface area contributed by atoms with Crippen LogP contribution < -0.4 is 5.56 Å². The summed E-state index contributed by atoms with van der Waals surface area (Å²) in [6, 6.07) is 5.95. The van der Waals surface area contributed by atoms with Crippen molar-refractivity contribution in [2.75, 3.05) is 5.75 Å². The first-order chi connectivity index (χ1) is 11.8. The minimum Gasteiger partial charge on any atom is -0.294 e. The molecule has 0 bridgehead atoms. The lowest BCUT2D eigenvalue weighted by atomic mass is 10.2. The summed E-state index contributed by atoms with van der Waals surface area (Å²) < 4.78 is 25.9. The summed E-state index contributed by atoms with van der Waals surface area (Å²) in [4.78, 5) is 20.9. The van der Waals surface area contributed by atoms with Crippen molar-refractivity contribution in [1.29, 1.82) is 0 Å². The highest BCUT2D eigenvalue weighted by atomic mass is 35.5. The Kier molecular flexibility index (Phi) is 4.81. The Morgan fingerprint density at radius 3 is 2.64 bits per heavy atom. The van der Waals surface area contributed by atoms with Crippen LogP contribution in [0.3, 0.4) is 0 Å². The normalized spacial score (nSPS) is 11.8. The molecule has 0 aliphatic heterocycles. The quantitative estimate of drug-likeness (QED) is 0.632. The van der Waals surface area contributed by atoms with Gasteiger partial charge in [-0.15, -0.1) is 0 Å². The number of pyridine rings is 1. The molecule has 25 heavy (non-hydrogen) atoms. The summed E-state index contributed by atoms with van der Waals surface area (Å²) in [6.07, 6.45) is 2.76. The van der Waals surface area contributed by atoms with E-state index in [1.54, 1.807) is 13.0 Å². The number of hydrogen-bond donors (Lipinski definition) is 0. The number of nitrogens with zero attached hydrogens (tertiary/aromatic N) is 3. The van der Waals surface area contributed by atoms with E-state index in [1.165, 1.54) is 35.3 Å². The molecule has 6 nitrogen and oxygen atoms in total. The van der Waals surface area contributed by atoms with Gasteiger partial charge in [0.05, 0.1) is 40.6 Å². The van der Waals surface area contributed by atoms with E-state index >= 15 is 0 Å². The highest BCUT2D eigenvalue weighted by Crippen LogP contribution is 2.22. The predicted octanol–water partition coefficient (Wildman–Crippen LogP) is 2.94. The molecule has 2 aromatic heterocycles. The molecule has 3 aromatic rings. The maximum absolute atomic E-state index is 12.7. The third-order valence-corrected chi connectivity index (χ3v) is 6.03. The summed E-state index contributed by atoms with van der Waals surface area (Å²) in [5, 5.41) is 0.879. The van der Waals surface area contributed by atoms with Gasteiger partial charge in [0.2, 0.25) is 0 Å². The molecular formula is C16H13Cl2N3O3S. The number of benzene rings is 1. The molecule has 0 aliphatic rings. The number of rotatable bonds is 4. The molecule has 130 valence electrons. The zero-order valence-corrected chi connectivity index (χ0v) is 15.4. The van der Waals surface area contributed by atoms with Gasteiger partial charge in [0.1, 0.15) is 5.15 Å².